The fourth-order valence-corrected chi connectivity index (χ4v) is 5.63. The van der Waals surface area contributed by atoms with E-state index in [1.165, 1.54) is 9.14 Å². The van der Waals surface area contributed by atoms with Crippen LogP contribution < -0.4 is 3.58 Å². The maximum atomic E-state index is 5.84. The molecule has 0 aromatic heterocycles. The molecule has 1 heterocycles. The first-order chi connectivity index (χ1) is 7.98. The van der Waals surface area contributed by atoms with E-state index in [1.807, 2.05) is 0 Å². The zero-order chi connectivity index (χ0) is 12.5. The minimum absolute atomic E-state index is 0.479. The van der Waals surface area contributed by atoms with Crippen LogP contribution in [-0.4, -0.2) is 31.6 Å². The third-order valence-electron chi connectivity index (χ3n) is 3.39. The molecule has 0 atom stereocenters. The van der Waals surface area contributed by atoms with E-state index in [0.29, 0.717) is 13.2 Å². The second-order valence-corrected chi connectivity index (χ2v) is 20.1. The summed E-state index contributed by atoms with van der Waals surface area (Å²) in [5.74, 6) is -0.479. The van der Waals surface area contributed by atoms with Gasteiger partial charge in [-0.05, 0) is 0 Å². The van der Waals surface area contributed by atoms with Crippen molar-refractivity contribution in [2.75, 3.05) is 13.2 Å². The first-order valence-corrected chi connectivity index (χ1v) is 16.4. The molecule has 2 nitrogen and oxygen atoms in total. The molecule has 17 heavy (non-hydrogen) atoms. The second kappa shape index (κ2) is 4.90. The zero-order valence-corrected chi connectivity index (χ0v) is 14.1. The van der Waals surface area contributed by atoms with E-state index in [9.17, 15) is 0 Å². The van der Waals surface area contributed by atoms with E-state index in [1.54, 1.807) is 0 Å². The number of hydrogen-bond acceptors (Lipinski definition) is 2. The maximum absolute atomic E-state index is 5.84. The third kappa shape index (κ3) is 2.69. The van der Waals surface area contributed by atoms with E-state index in [-0.39, 0.29) is 0 Å². The van der Waals surface area contributed by atoms with E-state index in [0.717, 1.165) is 6.42 Å². The standard InChI is InChI=1S/C11H13O2.3CH3.Sn/c1-2-11(12-8-9-13-11)10-6-4-3-5-7-10;;;;/h3-4,6-7H,2,8-9H2,1H3;3*1H3;. The normalized spacial score (nSPS) is 19.5. The molecule has 0 radical (unpaired) electrons. The summed E-state index contributed by atoms with van der Waals surface area (Å²) in [6.45, 7) is 3.53. The van der Waals surface area contributed by atoms with Crippen molar-refractivity contribution in [1.29, 1.82) is 0 Å². The van der Waals surface area contributed by atoms with E-state index in [4.69, 9.17) is 9.47 Å². The summed E-state index contributed by atoms with van der Waals surface area (Å²) in [5, 5.41) is 0. The first kappa shape index (κ1) is 13.4. The van der Waals surface area contributed by atoms with Crippen molar-refractivity contribution in [3.63, 3.8) is 0 Å². The Morgan fingerprint density at radius 3 is 2.35 bits per heavy atom. The van der Waals surface area contributed by atoms with Crippen LogP contribution in [0.2, 0.25) is 14.8 Å². The Hall–Kier alpha value is -0.0613. The first-order valence-electron chi connectivity index (χ1n) is 6.37. The molecule has 0 amide bonds. The van der Waals surface area contributed by atoms with Gasteiger partial charge in [0, 0.05) is 0 Å². The van der Waals surface area contributed by atoms with Gasteiger partial charge in [-0.25, -0.2) is 0 Å². The van der Waals surface area contributed by atoms with Crippen LogP contribution in [0.5, 0.6) is 0 Å². The average molecular weight is 341 g/mol. The summed E-state index contributed by atoms with van der Waals surface area (Å²) >= 11 is -2.00. The van der Waals surface area contributed by atoms with Gasteiger partial charge in [0.25, 0.3) is 0 Å². The SMILES string of the molecule is CCC1(c2ccc[c]([Sn]([CH3])([CH3])[CH3])c2)OCCO1. The van der Waals surface area contributed by atoms with E-state index >= 15 is 0 Å². The van der Waals surface area contributed by atoms with Crippen molar-refractivity contribution in [2.45, 2.75) is 34.0 Å². The fraction of sp³-hybridized carbons (Fsp3) is 0.571. The number of rotatable bonds is 3. The van der Waals surface area contributed by atoms with Gasteiger partial charge < -0.3 is 0 Å². The van der Waals surface area contributed by atoms with Gasteiger partial charge in [0.05, 0.1) is 0 Å². The predicted molar refractivity (Wildman–Crippen MR) is 73.3 cm³/mol. The van der Waals surface area contributed by atoms with Crippen LogP contribution in [0.25, 0.3) is 0 Å². The number of benzene rings is 1. The fourth-order valence-electron chi connectivity index (χ4n) is 2.25. The van der Waals surface area contributed by atoms with Gasteiger partial charge in [-0.15, -0.1) is 0 Å². The van der Waals surface area contributed by atoms with Gasteiger partial charge in [0.15, 0.2) is 0 Å². The van der Waals surface area contributed by atoms with Crippen molar-refractivity contribution >= 4 is 22.0 Å². The Morgan fingerprint density at radius 1 is 1.18 bits per heavy atom. The molecule has 3 heteroatoms. The van der Waals surface area contributed by atoms with Gasteiger partial charge in [-0.2, -0.15) is 0 Å². The van der Waals surface area contributed by atoms with Crippen LogP contribution >= 0.6 is 0 Å². The summed E-state index contributed by atoms with van der Waals surface area (Å²) in [7, 11) is 0. The van der Waals surface area contributed by atoms with E-state index in [2.05, 4.69) is 46.0 Å². The van der Waals surface area contributed by atoms with Gasteiger partial charge in [0.1, 0.15) is 0 Å². The van der Waals surface area contributed by atoms with Crippen LogP contribution in [0.15, 0.2) is 24.3 Å². The van der Waals surface area contributed by atoms with Crippen molar-refractivity contribution < 1.29 is 9.47 Å². The molecule has 1 aliphatic rings. The van der Waals surface area contributed by atoms with E-state index < -0.39 is 24.2 Å². The Morgan fingerprint density at radius 2 is 1.82 bits per heavy atom. The molecule has 0 bridgehead atoms. The molecule has 0 N–H and O–H groups in total. The monoisotopic (exact) mass is 342 g/mol. The van der Waals surface area contributed by atoms with Crippen molar-refractivity contribution in [3.8, 4) is 0 Å². The second-order valence-electron chi connectivity index (χ2n) is 5.63. The Balaban J connectivity index is 2.39. The molecule has 1 aliphatic heterocycles. The number of hydrogen-bond donors (Lipinski definition) is 0. The number of ether oxygens (including phenoxy) is 2. The van der Waals surface area contributed by atoms with Crippen LogP contribution in [0.3, 0.4) is 0 Å². The van der Waals surface area contributed by atoms with Crippen LogP contribution in [-0.2, 0) is 15.3 Å². The van der Waals surface area contributed by atoms with Crippen LogP contribution in [0.1, 0.15) is 18.9 Å². The summed E-state index contributed by atoms with van der Waals surface area (Å²) < 4.78 is 13.2. The summed E-state index contributed by atoms with van der Waals surface area (Å²) in [6, 6.07) is 8.86. The van der Waals surface area contributed by atoms with Gasteiger partial charge in [-0.3, -0.25) is 0 Å². The molecule has 1 aromatic rings. The van der Waals surface area contributed by atoms with Gasteiger partial charge >= 0.3 is 108 Å². The molecule has 0 saturated carbocycles. The molecule has 1 fully saturated rings. The van der Waals surface area contributed by atoms with Gasteiger partial charge in [-0.1, -0.05) is 0 Å². The molecule has 94 valence electrons. The minimum atomic E-state index is -2.00. The molecule has 1 aromatic carbocycles. The Kier molecular flexibility index (Phi) is 3.86. The third-order valence-corrected chi connectivity index (χ3v) is 9.22. The molecule has 0 aliphatic carbocycles. The van der Waals surface area contributed by atoms with Crippen molar-refractivity contribution in [1.82, 2.24) is 0 Å². The summed E-state index contributed by atoms with van der Waals surface area (Å²) in [6.07, 6.45) is 0.871. The molecular formula is C14H22O2Sn. The average Bonchev–Trinajstić information content (AvgIpc) is 2.78. The quantitative estimate of drug-likeness (QED) is 0.788. The Labute approximate surface area is 108 Å². The molecular weight excluding hydrogens is 319 g/mol. The van der Waals surface area contributed by atoms with Gasteiger partial charge in [0.2, 0.25) is 0 Å². The Bertz CT molecular complexity index is 389. The topological polar surface area (TPSA) is 18.5 Å². The summed E-state index contributed by atoms with van der Waals surface area (Å²) in [5.41, 5.74) is 1.20. The van der Waals surface area contributed by atoms with Crippen LogP contribution in [0, 0.1) is 0 Å². The molecule has 0 unspecified atom stereocenters. The zero-order valence-electron chi connectivity index (χ0n) is 11.2. The van der Waals surface area contributed by atoms with Crippen LogP contribution in [0.4, 0.5) is 0 Å². The predicted octanol–water partition coefficient (Wildman–Crippen LogP) is 2.84. The molecule has 0 spiro atoms. The molecule has 1 saturated heterocycles. The van der Waals surface area contributed by atoms with Crippen molar-refractivity contribution in [3.05, 3.63) is 29.8 Å². The van der Waals surface area contributed by atoms with Crippen molar-refractivity contribution in [2.24, 2.45) is 0 Å². The summed E-state index contributed by atoms with van der Waals surface area (Å²) in [4.78, 5) is 7.30. The molecule has 2 rings (SSSR count).